The van der Waals surface area contributed by atoms with Gasteiger partial charge in [-0.25, -0.2) is 0 Å². The fourth-order valence-corrected chi connectivity index (χ4v) is 2.41. The van der Waals surface area contributed by atoms with Gasteiger partial charge in [0.05, 0.1) is 6.54 Å². The van der Waals surface area contributed by atoms with E-state index in [2.05, 4.69) is 22.5 Å². The Bertz CT molecular complexity index is 324. The number of aliphatic imine (C=N–C) groups is 1. The van der Waals surface area contributed by atoms with E-state index in [9.17, 15) is 13.2 Å². The van der Waals surface area contributed by atoms with E-state index in [0.717, 1.165) is 38.8 Å². The van der Waals surface area contributed by atoms with Crippen LogP contribution in [0, 0.1) is 0 Å². The molecular weight excluding hydrogens is 408 g/mol. The zero-order chi connectivity index (χ0) is 15.7. The largest absolute Gasteiger partial charge is 0.401 e. The quantitative estimate of drug-likeness (QED) is 0.279. The van der Waals surface area contributed by atoms with Crippen LogP contribution < -0.4 is 10.6 Å². The van der Waals surface area contributed by atoms with Gasteiger partial charge in [0, 0.05) is 32.2 Å². The lowest BCUT2D eigenvalue weighted by Gasteiger charge is -2.19. The molecule has 1 aliphatic rings. The molecule has 0 aliphatic carbocycles. The van der Waals surface area contributed by atoms with Crippen LogP contribution in [0.25, 0.3) is 0 Å². The summed E-state index contributed by atoms with van der Waals surface area (Å²) in [6.45, 7) is 5.69. The predicted molar refractivity (Wildman–Crippen MR) is 95.0 cm³/mol. The summed E-state index contributed by atoms with van der Waals surface area (Å²) < 4.78 is 37.1. The Morgan fingerprint density at radius 3 is 2.59 bits per heavy atom. The molecule has 22 heavy (non-hydrogen) atoms. The summed E-state index contributed by atoms with van der Waals surface area (Å²) in [5.41, 5.74) is 0. The molecule has 0 radical (unpaired) electrons. The van der Waals surface area contributed by atoms with Gasteiger partial charge in [0.2, 0.25) is 0 Å². The first-order chi connectivity index (χ1) is 9.94. The van der Waals surface area contributed by atoms with E-state index in [1.165, 1.54) is 4.90 Å². The van der Waals surface area contributed by atoms with Crippen LogP contribution in [0.15, 0.2) is 4.99 Å². The monoisotopic (exact) mass is 436 g/mol. The van der Waals surface area contributed by atoms with E-state index >= 15 is 0 Å². The van der Waals surface area contributed by atoms with Gasteiger partial charge in [-0.1, -0.05) is 19.8 Å². The Morgan fingerprint density at radius 1 is 1.27 bits per heavy atom. The minimum Gasteiger partial charge on any atom is -0.357 e. The smallest absolute Gasteiger partial charge is 0.357 e. The Labute approximate surface area is 148 Å². The molecule has 1 aliphatic heterocycles. The lowest BCUT2D eigenvalue weighted by Crippen LogP contribution is -2.45. The molecule has 1 atom stereocenters. The SMILES string of the molecule is CCCCCN=C(NCC)NC1CCN(CC(F)(F)F)C1.I. The molecule has 0 bridgehead atoms. The van der Waals surface area contributed by atoms with Crippen LogP contribution in [-0.4, -0.2) is 55.8 Å². The van der Waals surface area contributed by atoms with Crippen LogP contribution >= 0.6 is 24.0 Å². The first-order valence-corrected chi connectivity index (χ1v) is 7.78. The van der Waals surface area contributed by atoms with E-state index in [-0.39, 0.29) is 30.0 Å². The van der Waals surface area contributed by atoms with Crippen molar-refractivity contribution in [2.24, 2.45) is 4.99 Å². The second kappa shape index (κ2) is 11.3. The van der Waals surface area contributed by atoms with Gasteiger partial charge >= 0.3 is 6.18 Å². The van der Waals surface area contributed by atoms with Crippen molar-refractivity contribution >= 4 is 29.9 Å². The number of likely N-dealkylation sites (tertiary alicyclic amines) is 1. The van der Waals surface area contributed by atoms with Crippen molar-refractivity contribution in [3.63, 3.8) is 0 Å². The summed E-state index contributed by atoms with van der Waals surface area (Å²) in [6.07, 6.45) is -0.0682. The van der Waals surface area contributed by atoms with Gasteiger partial charge in [0.15, 0.2) is 5.96 Å². The Kier molecular flexibility index (Phi) is 11.2. The third-order valence-electron chi connectivity index (χ3n) is 3.39. The molecule has 2 N–H and O–H groups in total. The molecule has 0 aromatic heterocycles. The van der Waals surface area contributed by atoms with E-state index in [0.29, 0.717) is 19.0 Å². The van der Waals surface area contributed by atoms with Gasteiger partial charge in [-0.3, -0.25) is 9.89 Å². The van der Waals surface area contributed by atoms with Crippen LogP contribution in [0.3, 0.4) is 0 Å². The van der Waals surface area contributed by atoms with Crippen LogP contribution in [0.1, 0.15) is 39.5 Å². The second-order valence-electron chi connectivity index (χ2n) is 5.45. The van der Waals surface area contributed by atoms with E-state index in [1.54, 1.807) is 0 Å². The number of nitrogens with zero attached hydrogens (tertiary/aromatic N) is 2. The van der Waals surface area contributed by atoms with Crippen molar-refractivity contribution in [2.75, 3.05) is 32.7 Å². The number of hydrogen-bond acceptors (Lipinski definition) is 2. The summed E-state index contributed by atoms with van der Waals surface area (Å²) in [6, 6.07) is 0.0383. The molecule has 4 nitrogen and oxygen atoms in total. The highest BCUT2D eigenvalue weighted by Crippen LogP contribution is 2.19. The van der Waals surface area contributed by atoms with Crippen molar-refractivity contribution in [1.29, 1.82) is 0 Å². The fraction of sp³-hybridized carbons (Fsp3) is 0.929. The number of rotatable bonds is 7. The Hall–Kier alpha value is -0.250. The zero-order valence-electron chi connectivity index (χ0n) is 13.4. The number of alkyl halides is 3. The molecule has 1 saturated heterocycles. The highest BCUT2D eigenvalue weighted by Gasteiger charge is 2.34. The molecule has 0 aromatic carbocycles. The Balaban J connectivity index is 0.00000441. The van der Waals surface area contributed by atoms with Gasteiger partial charge < -0.3 is 10.6 Å². The molecule has 0 spiro atoms. The predicted octanol–water partition coefficient (Wildman–Crippen LogP) is 2.99. The topological polar surface area (TPSA) is 39.7 Å². The summed E-state index contributed by atoms with van der Waals surface area (Å²) in [5, 5.41) is 6.39. The first kappa shape index (κ1) is 21.8. The van der Waals surface area contributed by atoms with Crippen molar-refractivity contribution in [2.45, 2.75) is 51.7 Å². The van der Waals surface area contributed by atoms with Crippen molar-refractivity contribution < 1.29 is 13.2 Å². The third kappa shape index (κ3) is 9.70. The maximum Gasteiger partial charge on any atom is 0.401 e. The molecule has 0 aromatic rings. The van der Waals surface area contributed by atoms with Gasteiger partial charge in [-0.15, -0.1) is 24.0 Å². The molecule has 0 amide bonds. The van der Waals surface area contributed by atoms with E-state index in [1.807, 2.05) is 6.92 Å². The molecule has 1 unspecified atom stereocenters. The minimum atomic E-state index is -4.12. The lowest BCUT2D eigenvalue weighted by atomic mass is 10.2. The standard InChI is InChI=1S/C14H27F3N4.HI/c1-3-5-6-8-19-13(18-4-2)20-12-7-9-21(10-12)11-14(15,16)17;/h12H,3-11H2,1-2H3,(H2,18,19,20);1H. The average molecular weight is 436 g/mol. The number of halogens is 4. The molecule has 1 heterocycles. The van der Waals surface area contributed by atoms with Crippen LogP contribution in [0.5, 0.6) is 0 Å². The van der Waals surface area contributed by atoms with E-state index < -0.39 is 12.7 Å². The highest BCUT2D eigenvalue weighted by atomic mass is 127. The average Bonchev–Trinajstić information content (AvgIpc) is 2.79. The summed E-state index contributed by atoms with van der Waals surface area (Å²) in [5.74, 6) is 0.715. The third-order valence-corrected chi connectivity index (χ3v) is 3.39. The lowest BCUT2D eigenvalue weighted by molar-refractivity contribution is -0.143. The van der Waals surface area contributed by atoms with Crippen LogP contribution in [0.4, 0.5) is 13.2 Å². The maximum absolute atomic E-state index is 12.4. The van der Waals surface area contributed by atoms with Crippen LogP contribution in [-0.2, 0) is 0 Å². The second-order valence-corrected chi connectivity index (χ2v) is 5.45. The van der Waals surface area contributed by atoms with Gasteiger partial charge in [0.1, 0.15) is 0 Å². The number of nitrogens with one attached hydrogen (secondary N) is 2. The number of guanidine groups is 1. The molecule has 1 fully saturated rings. The summed E-state index contributed by atoms with van der Waals surface area (Å²) in [4.78, 5) is 5.91. The zero-order valence-corrected chi connectivity index (χ0v) is 15.7. The highest BCUT2D eigenvalue weighted by molar-refractivity contribution is 14.0. The molecule has 132 valence electrons. The maximum atomic E-state index is 12.4. The van der Waals surface area contributed by atoms with Gasteiger partial charge in [-0.2, -0.15) is 13.2 Å². The fourth-order valence-electron chi connectivity index (χ4n) is 2.41. The Morgan fingerprint density at radius 2 is 2.00 bits per heavy atom. The normalized spacial score (nSPS) is 19.9. The summed E-state index contributed by atoms with van der Waals surface area (Å²) in [7, 11) is 0. The first-order valence-electron chi connectivity index (χ1n) is 7.78. The van der Waals surface area contributed by atoms with E-state index in [4.69, 9.17) is 0 Å². The molecule has 0 saturated carbocycles. The number of hydrogen-bond donors (Lipinski definition) is 2. The van der Waals surface area contributed by atoms with Gasteiger partial charge in [0.25, 0.3) is 0 Å². The van der Waals surface area contributed by atoms with Crippen molar-refractivity contribution in [3.05, 3.63) is 0 Å². The van der Waals surface area contributed by atoms with Gasteiger partial charge in [-0.05, 0) is 19.8 Å². The van der Waals surface area contributed by atoms with Crippen LogP contribution in [0.2, 0.25) is 0 Å². The minimum absolute atomic E-state index is 0. The molecule has 8 heteroatoms. The van der Waals surface area contributed by atoms with Crippen molar-refractivity contribution in [3.8, 4) is 0 Å². The van der Waals surface area contributed by atoms with Crippen molar-refractivity contribution in [1.82, 2.24) is 15.5 Å². The molecule has 1 rings (SSSR count). The number of unbranched alkanes of at least 4 members (excludes halogenated alkanes) is 2. The summed E-state index contributed by atoms with van der Waals surface area (Å²) >= 11 is 0. The molecular formula is C14H28F3IN4.